The molecule has 0 fully saturated rings. The Labute approximate surface area is 133 Å². The van der Waals surface area contributed by atoms with Gasteiger partial charge >= 0.3 is 0 Å². The highest BCUT2D eigenvalue weighted by atomic mass is 79.9. The van der Waals surface area contributed by atoms with Gasteiger partial charge in [0.15, 0.2) is 0 Å². The van der Waals surface area contributed by atoms with Crippen molar-refractivity contribution in [2.75, 3.05) is 0 Å². The molecular weight excluding hydrogens is 395 g/mol. The molecule has 0 saturated heterocycles. The molecule has 0 bridgehead atoms. The number of rotatable bonds is 3. The number of aliphatic hydroxyl groups is 1. The molecule has 0 heterocycles. The summed E-state index contributed by atoms with van der Waals surface area (Å²) >= 11 is 12.8. The molecule has 1 atom stereocenters. The van der Waals surface area contributed by atoms with E-state index in [1.807, 2.05) is 12.1 Å². The molecule has 0 spiro atoms. The zero-order valence-corrected chi connectivity index (χ0v) is 14.0. The average molecular weight is 407 g/mol. The fourth-order valence-corrected chi connectivity index (χ4v) is 3.00. The second-order valence-electron chi connectivity index (χ2n) is 4.04. The normalized spacial score (nSPS) is 12.3. The number of aliphatic hydroxyl groups excluding tert-OH is 1. The van der Waals surface area contributed by atoms with Crippen LogP contribution in [0, 0.1) is 0 Å². The number of hydrogen-bond acceptors (Lipinski definition) is 2. The lowest BCUT2D eigenvalue weighted by molar-refractivity contribution is 0.198. The van der Waals surface area contributed by atoms with Crippen LogP contribution >= 0.6 is 43.5 Å². The van der Waals surface area contributed by atoms with Crippen LogP contribution in [0.5, 0.6) is 11.5 Å². The summed E-state index contributed by atoms with van der Waals surface area (Å²) in [6, 6.07) is 10.8. The quantitative estimate of drug-likeness (QED) is 0.707. The van der Waals surface area contributed by atoms with Crippen LogP contribution < -0.4 is 4.74 Å². The summed E-state index contributed by atoms with van der Waals surface area (Å²) < 4.78 is 7.41. The van der Waals surface area contributed by atoms with Crippen LogP contribution in [-0.4, -0.2) is 5.11 Å². The van der Waals surface area contributed by atoms with Crippen LogP contribution in [0.2, 0.25) is 5.02 Å². The molecule has 0 saturated carbocycles. The summed E-state index contributed by atoms with van der Waals surface area (Å²) in [7, 11) is 0. The number of benzene rings is 2. The first-order valence-electron chi connectivity index (χ1n) is 5.58. The highest BCUT2D eigenvalue weighted by Crippen LogP contribution is 2.34. The van der Waals surface area contributed by atoms with Crippen molar-refractivity contribution in [1.29, 1.82) is 0 Å². The summed E-state index contributed by atoms with van der Waals surface area (Å²) in [4.78, 5) is 0. The zero-order chi connectivity index (χ0) is 14.0. The highest BCUT2D eigenvalue weighted by molar-refractivity contribution is 9.10. The van der Waals surface area contributed by atoms with E-state index in [9.17, 15) is 5.11 Å². The van der Waals surface area contributed by atoms with Crippen LogP contribution in [0.3, 0.4) is 0 Å². The van der Waals surface area contributed by atoms with Gasteiger partial charge in [0.05, 0.1) is 11.1 Å². The Morgan fingerprint density at radius 3 is 2.47 bits per heavy atom. The van der Waals surface area contributed by atoms with Gasteiger partial charge in [0.25, 0.3) is 0 Å². The van der Waals surface area contributed by atoms with E-state index in [0.717, 1.165) is 14.5 Å². The molecule has 19 heavy (non-hydrogen) atoms. The van der Waals surface area contributed by atoms with E-state index >= 15 is 0 Å². The maximum Gasteiger partial charge on any atom is 0.146 e. The van der Waals surface area contributed by atoms with Gasteiger partial charge in [-0.3, -0.25) is 0 Å². The Hall–Kier alpha value is -0.550. The van der Waals surface area contributed by atoms with Crippen molar-refractivity contribution in [2.24, 2.45) is 0 Å². The summed E-state index contributed by atoms with van der Waals surface area (Å²) in [5, 5.41) is 10.1. The second-order valence-corrected chi connectivity index (χ2v) is 6.21. The van der Waals surface area contributed by atoms with E-state index in [1.165, 1.54) is 0 Å². The fraction of sp³-hybridized carbons (Fsp3) is 0.143. The molecule has 2 nitrogen and oxygen atoms in total. The minimum atomic E-state index is -0.528. The maximum atomic E-state index is 9.56. The van der Waals surface area contributed by atoms with Gasteiger partial charge in [0, 0.05) is 8.95 Å². The van der Waals surface area contributed by atoms with E-state index < -0.39 is 6.10 Å². The predicted molar refractivity (Wildman–Crippen MR) is 84.0 cm³/mol. The van der Waals surface area contributed by atoms with Crippen LogP contribution in [0.25, 0.3) is 0 Å². The molecule has 0 aromatic heterocycles. The van der Waals surface area contributed by atoms with Gasteiger partial charge in [-0.25, -0.2) is 0 Å². The predicted octanol–water partition coefficient (Wildman–Crippen LogP) is 5.71. The van der Waals surface area contributed by atoms with Gasteiger partial charge in [-0.05, 0) is 42.8 Å². The van der Waals surface area contributed by atoms with Crippen molar-refractivity contribution in [3.05, 3.63) is 55.9 Å². The SMILES string of the molecule is CC(O)c1ccc(Oc2ccc(Br)cc2Cl)cc1Br. The molecule has 2 rings (SSSR count). The Bertz CT molecular complexity index is 600. The van der Waals surface area contributed by atoms with Crippen molar-refractivity contribution < 1.29 is 9.84 Å². The van der Waals surface area contributed by atoms with Crippen molar-refractivity contribution in [3.8, 4) is 11.5 Å². The molecule has 1 N–H and O–H groups in total. The number of halogens is 3. The van der Waals surface area contributed by atoms with E-state index in [2.05, 4.69) is 31.9 Å². The molecule has 1 unspecified atom stereocenters. The first-order chi connectivity index (χ1) is 8.97. The van der Waals surface area contributed by atoms with Gasteiger partial charge in [-0.15, -0.1) is 0 Å². The average Bonchev–Trinajstić information content (AvgIpc) is 2.32. The standard InChI is InChI=1S/C14H11Br2ClO2/c1-8(18)11-4-3-10(7-12(11)16)19-14-5-2-9(15)6-13(14)17/h2-8,18H,1H3. The van der Waals surface area contributed by atoms with Crippen LogP contribution in [-0.2, 0) is 0 Å². The highest BCUT2D eigenvalue weighted by Gasteiger charge is 2.09. The second kappa shape index (κ2) is 6.27. The van der Waals surface area contributed by atoms with Crippen molar-refractivity contribution in [2.45, 2.75) is 13.0 Å². The maximum absolute atomic E-state index is 9.56. The van der Waals surface area contributed by atoms with Gasteiger partial charge in [-0.2, -0.15) is 0 Å². The summed E-state index contributed by atoms with van der Waals surface area (Å²) in [6.07, 6.45) is -0.528. The molecule has 5 heteroatoms. The van der Waals surface area contributed by atoms with Gasteiger partial charge in [0.1, 0.15) is 11.5 Å². The third kappa shape index (κ3) is 3.72. The smallest absolute Gasteiger partial charge is 0.146 e. The first-order valence-corrected chi connectivity index (χ1v) is 7.54. The minimum Gasteiger partial charge on any atom is -0.456 e. The monoisotopic (exact) mass is 404 g/mol. The molecule has 2 aromatic carbocycles. The van der Waals surface area contributed by atoms with Crippen LogP contribution in [0.15, 0.2) is 45.3 Å². The lowest BCUT2D eigenvalue weighted by Crippen LogP contribution is -1.93. The molecular formula is C14H11Br2ClO2. The molecule has 0 amide bonds. The molecule has 2 aromatic rings. The van der Waals surface area contributed by atoms with E-state index in [0.29, 0.717) is 16.5 Å². The van der Waals surface area contributed by atoms with Crippen molar-refractivity contribution >= 4 is 43.5 Å². The lowest BCUT2D eigenvalue weighted by atomic mass is 10.1. The summed E-state index contributed by atoms with van der Waals surface area (Å²) in [5.41, 5.74) is 0.814. The molecule has 0 aliphatic rings. The first kappa shape index (κ1) is 14.9. The Morgan fingerprint density at radius 1 is 1.16 bits per heavy atom. The number of ether oxygens (including phenoxy) is 1. The van der Waals surface area contributed by atoms with Crippen molar-refractivity contribution in [1.82, 2.24) is 0 Å². The Morgan fingerprint density at radius 2 is 1.89 bits per heavy atom. The van der Waals surface area contributed by atoms with E-state index in [1.54, 1.807) is 31.2 Å². The van der Waals surface area contributed by atoms with Crippen LogP contribution in [0.1, 0.15) is 18.6 Å². The molecule has 0 radical (unpaired) electrons. The van der Waals surface area contributed by atoms with Gasteiger partial charge in [0.2, 0.25) is 0 Å². The Balaban J connectivity index is 2.26. The lowest BCUT2D eigenvalue weighted by Gasteiger charge is -2.11. The topological polar surface area (TPSA) is 29.5 Å². The van der Waals surface area contributed by atoms with Gasteiger partial charge < -0.3 is 9.84 Å². The fourth-order valence-electron chi connectivity index (χ4n) is 1.60. The third-order valence-corrected chi connectivity index (χ3v) is 4.02. The zero-order valence-electron chi connectivity index (χ0n) is 10.0. The Kier molecular flexibility index (Phi) is 4.90. The molecule has 0 aliphatic carbocycles. The third-order valence-electron chi connectivity index (χ3n) is 2.54. The summed E-state index contributed by atoms with van der Waals surface area (Å²) in [5.74, 6) is 1.24. The molecule has 100 valence electrons. The van der Waals surface area contributed by atoms with Gasteiger partial charge in [-0.1, -0.05) is 49.5 Å². The largest absolute Gasteiger partial charge is 0.456 e. The number of hydrogen-bond donors (Lipinski definition) is 1. The summed E-state index contributed by atoms with van der Waals surface area (Å²) in [6.45, 7) is 1.71. The van der Waals surface area contributed by atoms with E-state index in [-0.39, 0.29) is 0 Å². The molecule has 0 aliphatic heterocycles. The van der Waals surface area contributed by atoms with Crippen LogP contribution in [0.4, 0.5) is 0 Å². The van der Waals surface area contributed by atoms with E-state index in [4.69, 9.17) is 16.3 Å². The van der Waals surface area contributed by atoms with Crippen molar-refractivity contribution in [3.63, 3.8) is 0 Å². The minimum absolute atomic E-state index is 0.528.